The Kier molecular flexibility index (Phi) is 3.32. The van der Waals surface area contributed by atoms with Crippen LogP contribution < -0.4 is 0 Å². The molecule has 0 spiro atoms. The third-order valence-corrected chi connectivity index (χ3v) is 4.78. The summed E-state index contributed by atoms with van der Waals surface area (Å²) in [6.45, 7) is 2.09. The van der Waals surface area contributed by atoms with Crippen LogP contribution >= 0.6 is 39.5 Å². The molecule has 3 aromatic rings. The Labute approximate surface area is 127 Å². The zero-order chi connectivity index (χ0) is 13.6. The van der Waals surface area contributed by atoms with Crippen molar-refractivity contribution < 1.29 is 4.39 Å². The maximum atomic E-state index is 13.6. The largest absolute Gasteiger partial charge is 0.330 e. The van der Waals surface area contributed by atoms with Crippen LogP contribution in [-0.2, 0) is 0 Å². The fourth-order valence-electron chi connectivity index (χ4n) is 2.17. The van der Waals surface area contributed by atoms with Crippen molar-refractivity contribution in [2.45, 2.75) is 13.0 Å². The molecule has 2 heterocycles. The van der Waals surface area contributed by atoms with Crippen LogP contribution in [0.3, 0.4) is 0 Å². The maximum Gasteiger partial charge on any atom is 0.178 e. The second-order valence-corrected chi connectivity index (χ2v) is 6.34. The van der Waals surface area contributed by atoms with Gasteiger partial charge in [0.1, 0.15) is 5.82 Å². The molecule has 1 aromatic carbocycles. The van der Waals surface area contributed by atoms with Gasteiger partial charge in [-0.25, -0.2) is 4.39 Å². The third-order valence-electron chi connectivity index (χ3n) is 3.17. The molecule has 2 aromatic heterocycles. The number of fused-ring (bicyclic) bond motifs is 1. The Bertz CT molecular complexity index is 789. The average molecular weight is 357 g/mol. The summed E-state index contributed by atoms with van der Waals surface area (Å²) in [5.41, 5.74) is 2.81. The van der Waals surface area contributed by atoms with E-state index in [1.165, 1.54) is 11.6 Å². The van der Waals surface area contributed by atoms with Crippen LogP contribution in [0.5, 0.6) is 0 Å². The first-order valence-corrected chi connectivity index (χ1v) is 7.83. The molecule has 1 unspecified atom stereocenters. The second kappa shape index (κ2) is 4.85. The van der Waals surface area contributed by atoms with Crippen LogP contribution in [0.1, 0.15) is 18.5 Å². The van der Waals surface area contributed by atoms with Crippen molar-refractivity contribution in [3.63, 3.8) is 0 Å². The molecule has 98 valence electrons. The van der Waals surface area contributed by atoms with Crippen molar-refractivity contribution in [3.8, 4) is 0 Å². The summed E-state index contributed by atoms with van der Waals surface area (Å²) in [7, 11) is 0. The molecule has 0 aliphatic rings. The third kappa shape index (κ3) is 2.17. The normalized spacial score (nSPS) is 13.0. The lowest BCUT2D eigenvalue weighted by Gasteiger charge is -2.13. The molecule has 0 radical (unpaired) electrons. The van der Waals surface area contributed by atoms with Gasteiger partial charge >= 0.3 is 0 Å². The van der Waals surface area contributed by atoms with E-state index >= 15 is 0 Å². The molecule has 0 saturated heterocycles. The fourth-order valence-corrected chi connectivity index (χ4v) is 3.61. The molecular weight excluding hydrogens is 347 g/mol. The van der Waals surface area contributed by atoms with Crippen LogP contribution in [-0.4, -0.2) is 9.55 Å². The Morgan fingerprint density at radius 3 is 2.95 bits per heavy atom. The number of H-pyrrole nitrogens is 1. The topological polar surface area (TPSA) is 20.7 Å². The highest BCUT2D eigenvalue weighted by molar-refractivity contribution is 9.10. The molecule has 0 aliphatic carbocycles. The Balaban J connectivity index is 2.26. The molecule has 0 aliphatic heterocycles. The van der Waals surface area contributed by atoms with Gasteiger partial charge in [-0.1, -0.05) is 0 Å². The summed E-state index contributed by atoms with van der Waals surface area (Å²) >= 11 is 10.2. The van der Waals surface area contributed by atoms with E-state index in [9.17, 15) is 4.39 Å². The van der Waals surface area contributed by atoms with E-state index in [4.69, 9.17) is 12.2 Å². The highest BCUT2D eigenvalue weighted by Gasteiger charge is 2.15. The summed E-state index contributed by atoms with van der Waals surface area (Å²) in [6, 6.07) is 5.42. The Hall–Kier alpha value is -0.980. The van der Waals surface area contributed by atoms with Crippen molar-refractivity contribution in [1.29, 1.82) is 0 Å². The summed E-state index contributed by atoms with van der Waals surface area (Å²) in [5.74, 6) is -0.293. The van der Waals surface area contributed by atoms with Crippen LogP contribution in [0.2, 0.25) is 0 Å². The van der Waals surface area contributed by atoms with Crippen molar-refractivity contribution in [2.75, 3.05) is 0 Å². The lowest BCUT2D eigenvalue weighted by molar-refractivity contribution is 0.621. The van der Waals surface area contributed by atoms with Crippen molar-refractivity contribution in [3.05, 3.63) is 49.6 Å². The standard InChI is InChI=1S/C13H10BrFN2S2/c1-7(8-2-3-19-6-8)17-12-4-9(14)10(15)5-11(12)16-13(17)18/h2-7H,1H3,(H,16,18). The first-order chi connectivity index (χ1) is 9.08. The molecule has 0 saturated carbocycles. The zero-order valence-electron chi connectivity index (χ0n) is 9.98. The van der Waals surface area contributed by atoms with Crippen LogP contribution in [0, 0.1) is 10.6 Å². The quantitative estimate of drug-likeness (QED) is 0.620. The molecular formula is C13H10BrFN2S2. The second-order valence-electron chi connectivity index (χ2n) is 4.32. The minimum atomic E-state index is -0.293. The van der Waals surface area contributed by atoms with Gasteiger partial charge in [0.15, 0.2) is 4.77 Å². The predicted molar refractivity (Wildman–Crippen MR) is 82.9 cm³/mol. The van der Waals surface area contributed by atoms with Gasteiger partial charge in [-0.15, -0.1) is 0 Å². The van der Waals surface area contributed by atoms with Gasteiger partial charge in [-0.2, -0.15) is 11.3 Å². The highest BCUT2D eigenvalue weighted by atomic mass is 79.9. The van der Waals surface area contributed by atoms with E-state index in [1.54, 1.807) is 17.4 Å². The van der Waals surface area contributed by atoms with Crippen LogP contribution in [0.4, 0.5) is 4.39 Å². The predicted octanol–water partition coefficient (Wildman–Crippen LogP) is 5.27. The van der Waals surface area contributed by atoms with Crippen molar-refractivity contribution in [2.24, 2.45) is 0 Å². The molecule has 19 heavy (non-hydrogen) atoms. The molecule has 0 amide bonds. The SMILES string of the molecule is CC(c1ccsc1)n1c(=S)[nH]c2cc(F)c(Br)cc21. The van der Waals surface area contributed by atoms with Crippen molar-refractivity contribution in [1.82, 2.24) is 9.55 Å². The maximum absolute atomic E-state index is 13.6. The van der Waals surface area contributed by atoms with E-state index in [2.05, 4.69) is 39.3 Å². The van der Waals surface area contributed by atoms with Gasteiger partial charge in [0, 0.05) is 6.07 Å². The lowest BCUT2D eigenvalue weighted by atomic mass is 10.2. The van der Waals surface area contributed by atoms with Gasteiger partial charge in [-0.05, 0) is 63.5 Å². The number of halogens is 2. The lowest BCUT2D eigenvalue weighted by Crippen LogP contribution is -2.05. The highest BCUT2D eigenvalue weighted by Crippen LogP contribution is 2.28. The smallest absolute Gasteiger partial charge is 0.178 e. The minimum Gasteiger partial charge on any atom is -0.330 e. The number of nitrogens with one attached hydrogen (secondary N) is 1. The molecule has 3 rings (SSSR count). The molecule has 1 atom stereocenters. The average Bonchev–Trinajstić information content (AvgIpc) is 2.97. The summed E-state index contributed by atoms with van der Waals surface area (Å²) in [6.07, 6.45) is 0. The summed E-state index contributed by atoms with van der Waals surface area (Å²) < 4.78 is 16.6. The number of rotatable bonds is 2. The summed E-state index contributed by atoms with van der Waals surface area (Å²) in [4.78, 5) is 3.06. The first-order valence-electron chi connectivity index (χ1n) is 5.69. The van der Waals surface area contributed by atoms with E-state index in [0.29, 0.717) is 14.8 Å². The number of aromatic nitrogens is 2. The first kappa shape index (κ1) is 13.0. The van der Waals surface area contributed by atoms with Gasteiger partial charge < -0.3 is 9.55 Å². The van der Waals surface area contributed by atoms with Crippen LogP contribution in [0.15, 0.2) is 33.4 Å². The van der Waals surface area contributed by atoms with E-state index in [0.717, 1.165) is 5.52 Å². The Morgan fingerprint density at radius 1 is 1.47 bits per heavy atom. The Morgan fingerprint density at radius 2 is 2.26 bits per heavy atom. The number of thiophene rings is 1. The molecule has 6 heteroatoms. The van der Waals surface area contributed by atoms with Gasteiger partial charge in [0.25, 0.3) is 0 Å². The monoisotopic (exact) mass is 356 g/mol. The molecule has 1 N–H and O–H groups in total. The number of aromatic amines is 1. The van der Waals surface area contributed by atoms with E-state index in [-0.39, 0.29) is 11.9 Å². The van der Waals surface area contributed by atoms with Gasteiger partial charge in [0.05, 0.1) is 21.5 Å². The number of imidazole rings is 1. The van der Waals surface area contributed by atoms with E-state index in [1.807, 2.05) is 9.95 Å². The fraction of sp³-hybridized carbons (Fsp3) is 0.154. The van der Waals surface area contributed by atoms with Gasteiger partial charge in [-0.3, -0.25) is 0 Å². The van der Waals surface area contributed by atoms with E-state index < -0.39 is 0 Å². The minimum absolute atomic E-state index is 0.116. The number of hydrogen-bond donors (Lipinski definition) is 1. The molecule has 2 nitrogen and oxygen atoms in total. The molecule has 0 bridgehead atoms. The summed E-state index contributed by atoms with van der Waals surface area (Å²) in [5, 5.41) is 4.14. The zero-order valence-corrected chi connectivity index (χ0v) is 13.2. The number of nitrogens with zero attached hydrogens (tertiary/aromatic N) is 1. The molecule has 0 fully saturated rings. The number of hydrogen-bond acceptors (Lipinski definition) is 2. The van der Waals surface area contributed by atoms with Crippen molar-refractivity contribution >= 4 is 50.5 Å². The van der Waals surface area contributed by atoms with Gasteiger partial charge in [0.2, 0.25) is 0 Å². The van der Waals surface area contributed by atoms with Crippen LogP contribution in [0.25, 0.3) is 11.0 Å². The number of benzene rings is 1.